The first-order valence-corrected chi connectivity index (χ1v) is 10.9. The summed E-state index contributed by atoms with van der Waals surface area (Å²) in [5.74, 6) is -0.891. The molecule has 178 valence electrons. The molecule has 0 bridgehead atoms. The minimum atomic E-state index is -4.78. The average Bonchev–Trinajstić information content (AvgIpc) is 3.48. The van der Waals surface area contributed by atoms with E-state index in [1.165, 1.54) is 12.1 Å². The van der Waals surface area contributed by atoms with Gasteiger partial charge in [0.15, 0.2) is 5.69 Å². The highest BCUT2D eigenvalue weighted by Crippen LogP contribution is 2.33. The minimum Gasteiger partial charge on any atom is -0.348 e. The fourth-order valence-electron chi connectivity index (χ4n) is 3.83. The largest absolute Gasteiger partial charge is 0.434 e. The monoisotopic (exact) mass is 471 g/mol. The third-order valence-electron chi connectivity index (χ3n) is 5.59. The first-order chi connectivity index (χ1) is 16.2. The number of hydrogen-bond donors (Lipinski definition) is 2. The number of carbonyl (C=O) groups excluding carboxylic acids is 2. The van der Waals surface area contributed by atoms with Crippen molar-refractivity contribution >= 4 is 17.6 Å². The van der Waals surface area contributed by atoms with Crippen molar-refractivity contribution in [3.63, 3.8) is 0 Å². The van der Waals surface area contributed by atoms with Crippen molar-refractivity contribution in [1.29, 1.82) is 0 Å². The van der Waals surface area contributed by atoms with Gasteiger partial charge in [-0.15, -0.1) is 0 Å². The molecular formula is C24H24F3N5O2. The van der Waals surface area contributed by atoms with E-state index in [1.807, 2.05) is 6.92 Å². The van der Waals surface area contributed by atoms with Gasteiger partial charge in [0.1, 0.15) is 0 Å². The molecule has 34 heavy (non-hydrogen) atoms. The summed E-state index contributed by atoms with van der Waals surface area (Å²) in [5.41, 5.74) is 0.575. The molecule has 4 rings (SSSR count). The van der Waals surface area contributed by atoms with E-state index in [-0.39, 0.29) is 18.3 Å². The van der Waals surface area contributed by atoms with E-state index in [2.05, 4.69) is 15.7 Å². The van der Waals surface area contributed by atoms with Crippen molar-refractivity contribution in [2.24, 2.45) is 0 Å². The summed E-state index contributed by atoms with van der Waals surface area (Å²) < 4.78 is 42.3. The standard InChI is InChI=1S/C24H24F3N5O2/c1-16-7-9-19(10-8-16)32-21(24(25,26)27)20(15-29-32)22(33)28-14-17-5-4-6-18(13-17)30-23(34)31-11-2-3-12-31/h4-10,13,15H,2-3,11-12,14H2,1H3,(H,28,33)(H,30,34). The van der Waals surface area contributed by atoms with Crippen LogP contribution in [0, 0.1) is 6.92 Å². The molecule has 2 heterocycles. The Hall–Kier alpha value is -3.82. The van der Waals surface area contributed by atoms with Gasteiger partial charge in [0.2, 0.25) is 0 Å². The van der Waals surface area contributed by atoms with Crippen LogP contribution < -0.4 is 10.6 Å². The maximum atomic E-state index is 13.8. The van der Waals surface area contributed by atoms with Gasteiger partial charge >= 0.3 is 12.2 Å². The molecule has 1 fully saturated rings. The van der Waals surface area contributed by atoms with E-state index in [4.69, 9.17) is 0 Å². The zero-order chi connectivity index (χ0) is 24.3. The highest BCUT2D eigenvalue weighted by atomic mass is 19.4. The molecule has 10 heteroatoms. The number of carbonyl (C=O) groups is 2. The number of urea groups is 1. The summed E-state index contributed by atoms with van der Waals surface area (Å²) in [5, 5.41) is 9.16. The van der Waals surface area contributed by atoms with Crippen LogP contribution >= 0.6 is 0 Å². The van der Waals surface area contributed by atoms with Crippen molar-refractivity contribution < 1.29 is 22.8 Å². The van der Waals surface area contributed by atoms with E-state index in [9.17, 15) is 22.8 Å². The summed E-state index contributed by atoms with van der Waals surface area (Å²) in [6.45, 7) is 3.22. The van der Waals surface area contributed by atoms with Gasteiger partial charge in [-0.2, -0.15) is 18.3 Å². The van der Waals surface area contributed by atoms with Crippen molar-refractivity contribution in [2.45, 2.75) is 32.5 Å². The number of rotatable bonds is 5. The fraction of sp³-hybridized carbons (Fsp3) is 0.292. The van der Waals surface area contributed by atoms with E-state index in [0.717, 1.165) is 29.3 Å². The lowest BCUT2D eigenvalue weighted by Gasteiger charge is -2.16. The third-order valence-corrected chi connectivity index (χ3v) is 5.59. The summed E-state index contributed by atoms with van der Waals surface area (Å²) >= 11 is 0. The predicted molar refractivity (Wildman–Crippen MR) is 121 cm³/mol. The van der Waals surface area contributed by atoms with Gasteiger partial charge in [0, 0.05) is 25.3 Å². The molecule has 2 N–H and O–H groups in total. The third kappa shape index (κ3) is 5.22. The Labute approximate surface area is 194 Å². The molecule has 0 spiro atoms. The average molecular weight is 471 g/mol. The van der Waals surface area contributed by atoms with Crippen LogP contribution in [0.25, 0.3) is 5.69 Å². The van der Waals surface area contributed by atoms with Crippen LogP contribution in [0.2, 0.25) is 0 Å². The number of anilines is 1. The lowest BCUT2D eigenvalue weighted by Crippen LogP contribution is -2.32. The zero-order valence-electron chi connectivity index (χ0n) is 18.5. The van der Waals surface area contributed by atoms with Crippen molar-refractivity contribution in [3.8, 4) is 5.69 Å². The quantitative estimate of drug-likeness (QED) is 0.563. The van der Waals surface area contributed by atoms with E-state index < -0.39 is 23.3 Å². The Morgan fingerprint density at radius 3 is 2.44 bits per heavy atom. The number of aromatic nitrogens is 2. The maximum Gasteiger partial charge on any atom is 0.434 e. The molecule has 0 saturated carbocycles. The second kappa shape index (κ2) is 9.58. The lowest BCUT2D eigenvalue weighted by molar-refractivity contribution is -0.143. The van der Waals surface area contributed by atoms with Crippen molar-refractivity contribution in [3.05, 3.63) is 77.1 Å². The summed E-state index contributed by atoms with van der Waals surface area (Å²) in [6.07, 6.45) is -1.92. The van der Waals surface area contributed by atoms with E-state index in [0.29, 0.717) is 24.3 Å². The van der Waals surface area contributed by atoms with Crippen LogP contribution in [0.5, 0.6) is 0 Å². The SMILES string of the molecule is Cc1ccc(-n2ncc(C(=O)NCc3cccc(NC(=O)N4CCCC4)c3)c2C(F)(F)F)cc1. The second-order valence-corrected chi connectivity index (χ2v) is 8.16. The van der Waals surface area contributed by atoms with Crippen LogP contribution in [0.15, 0.2) is 54.7 Å². The number of aryl methyl sites for hydroxylation is 1. The summed E-state index contributed by atoms with van der Waals surface area (Å²) in [7, 11) is 0. The van der Waals surface area contributed by atoms with Gasteiger partial charge in [-0.3, -0.25) is 4.79 Å². The molecule has 0 unspecified atom stereocenters. The number of alkyl halides is 3. The van der Waals surface area contributed by atoms with Gasteiger partial charge in [-0.25, -0.2) is 9.48 Å². The molecule has 1 saturated heterocycles. The van der Waals surface area contributed by atoms with Crippen LogP contribution in [0.1, 0.15) is 40.0 Å². The molecule has 2 aromatic carbocycles. The molecule has 0 aliphatic carbocycles. The van der Waals surface area contributed by atoms with E-state index >= 15 is 0 Å². The number of halogens is 3. The highest BCUT2D eigenvalue weighted by molar-refractivity contribution is 5.95. The summed E-state index contributed by atoms with van der Waals surface area (Å²) in [4.78, 5) is 26.7. The second-order valence-electron chi connectivity index (χ2n) is 8.16. The van der Waals surface area contributed by atoms with Gasteiger partial charge in [0.05, 0.1) is 17.4 Å². The molecule has 0 atom stereocenters. The van der Waals surface area contributed by atoms with Crippen molar-refractivity contribution in [1.82, 2.24) is 20.0 Å². The van der Waals surface area contributed by atoms with Crippen LogP contribution in [-0.4, -0.2) is 39.7 Å². The van der Waals surface area contributed by atoms with Gasteiger partial charge in [0.25, 0.3) is 5.91 Å². The van der Waals surface area contributed by atoms with Gasteiger partial charge < -0.3 is 15.5 Å². The van der Waals surface area contributed by atoms with Gasteiger partial charge in [-0.05, 0) is 49.6 Å². The number of nitrogens with zero attached hydrogens (tertiary/aromatic N) is 3. The lowest BCUT2D eigenvalue weighted by atomic mass is 10.1. The fourth-order valence-corrected chi connectivity index (χ4v) is 3.83. The van der Waals surface area contributed by atoms with Gasteiger partial charge in [-0.1, -0.05) is 29.8 Å². The molecule has 7 nitrogen and oxygen atoms in total. The first-order valence-electron chi connectivity index (χ1n) is 10.9. The number of nitrogens with one attached hydrogen (secondary N) is 2. The molecular weight excluding hydrogens is 447 g/mol. The maximum absolute atomic E-state index is 13.8. The van der Waals surface area contributed by atoms with E-state index in [1.54, 1.807) is 41.3 Å². The first kappa shape index (κ1) is 23.3. The number of benzene rings is 2. The number of hydrogen-bond acceptors (Lipinski definition) is 3. The predicted octanol–water partition coefficient (Wildman–Crippen LogP) is 4.76. The number of likely N-dealkylation sites (tertiary alicyclic amines) is 1. The Morgan fingerprint density at radius 2 is 1.76 bits per heavy atom. The number of amides is 3. The molecule has 0 radical (unpaired) electrons. The molecule has 1 aliphatic rings. The molecule has 3 amide bonds. The normalized spacial score (nSPS) is 13.7. The molecule has 1 aromatic heterocycles. The van der Waals surface area contributed by atoms with Crippen LogP contribution in [0.4, 0.5) is 23.7 Å². The Kier molecular flexibility index (Phi) is 6.58. The van der Waals surface area contributed by atoms with Crippen molar-refractivity contribution in [2.75, 3.05) is 18.4 Å². The Morgan fingerprint density at radius 1 is 1.06 bits per heavy atom. The highest BCUT2D eigenvalue weighted by Gasteiger charge is 2.40. The molecule has 1 aliphatic heterocycles. The molecule has 3 aromatic rings. The smallest absolute Gasteiger partial charge is 0.348 e. The van der Waals surface area contributed by atoms with Crippen LogP contribution in [0.3, 0.4) is 0 Å². The van der Waals surface area contributed by atoms with Crippen LogP contribution in [-0.2, 0) is 12.7 Å². The minimum absolute atomic E-state index is 0.0146. The topological polar surface area (TPSA) is 79.3 Å². The Balaban J connectivity index is 1.48. The zero-order valence-corrected chi connectivity index (χ0v) is 18.5. The summed E-state index contributed by atoms with van der Waals surface area (Å²) in [6, 6.07) is 13.0. The Bertz CT molecular complexity index is 1180.